The second kappa shape index (κ2) is 11.8. The van der Waals surface area contributed by atoms with Gasteiger partial charge in [0.15, 0.2) is 0 Å². The summed E-state index contributed by atoms with van der Waals surface area (Å²) in [5.41, 5.74) is 5.75. The van der Waals surface area contributed by atoms with Crippen molar-refractivity contribution in [2.24, 2.45) is 10.4 Å². The highest BCUT2D eigenvalue weighted by molar-refractivity contribution is 8.00. The van der Waals surface area contributed by atoms with Crippen LogP contribution < -0.4 is 26.7 Å². The lowest BCUT2D eigenvalue weighted by Gasteiger charge is -2.25. The molecule has 0 fully saturated rings. The molecule has 1 aliphatic heterocycles. The third-order valence-corrected chi connectivity index (χ3v) is 6.44. The van der Waals surface area contributed by atoms with Gasteiger partial charge in [0.05, 0.1) is 6.54 Å². The standard InChI is InChI=1S/C26H27F3N8O2S/c1-25(2,3)19-11-13-21(14-12-19)36(24(39)30-20-5-4-6-22(15-20)40-26(27,28)29)16-17-7-9-18(10-8-17)23(38)31-37-34-32-33-35-37/h4-15H,16H2,1-3H3,(H,30,39)(H,31,38)(H,32,35)(H,33,34). The van der Waals surface area contributed by atoms with Crippen molar-refractivity contribution in [3.8, 4) is 0 Å². The molecule has 14 heteroatoms. The van der Waals surface area contributed by atoms with Crippen LogP contribution in [0.3, 0.4) is 0 Å². The fourth-order valence-electron chi connectivity index (χ4n) is 3.70. The number of alkyl halides is 3. The molecular formula is C26H27F3N8O2S. The summed E-state index contributed by atoms with van der Waals surface area (Å²) in [7, 11) is 0. The van der Waals surface area contributed by atoms with Gasteiger partial charge in [-0.25, -0.2) is 10.2 Å². The lowest BCUT2D eigenvalue weighted by molar-refractivity contribution is -0.0328. The van der Waals surface area contributed by atoms with Gasteiger partial charge in [-0.15, -0.1) is 0 Å². The van der Waals surface area contributed by atoms with Gasteiger partial charge in [-0.1, -0.05) is 51.1 Å². The Bertz CT molecular complexity index is 1370. The SMILES string of the molecule is CC(C)(C)c1ccc(N(Cc2ccc(C(=O)NN3NN=NN3)cc2)C(=O)Nc2cccc(SC(F)(F)F)c2)cc1. The lowest BCUT2D eigenvalue weighted by atomic mass is 9.87. The molecule has 10 nitrogen and oxygen atoms in total. The first-order valence-electron chi connectivity index (χ1n) is 12.0. The monoisotopic (exact) mass is 572 g/mol. The van der Waals surface area contributed by atoms with Crippen LogP contribution in [0, 0.1) is 0 Å². The van der Waals surface area contributed by atoms with Crippen molar-refractivity contribution in [1.82, 2.24) is 21.7 Å². The van der Waals surface area contributed by atoms with E-state index in [1.807, 2.05) is 24.3 Å². The third kappa shape index (κ3) is 7.86. The average molecular weight is 573 g/mol. The first-order valence-corrected chi connectivity index (χ1v) is 12.8. The predicted octanol–water partition coefficient (Wildman–Crippen LogP) is 6.09. The molecule has 0 atom stereocenters. The molecule has 0 radical (unpaired) electrons. The molecule has 0 unspecified atom stereocenters. The summed E-state index contributed by atoms with van der Waals surface area (Å²) in [4.78, 5) is 27.3. The van der Waals surface area contributed by atoms with Gasteiger partial charge in [-0.05, 0) is 86.4 Å². The number of rotatable bonds is 7. The molecule has 40 heavy (non-hydrogen) atoms. The molecule has 0 saturated carbocycles. The normalized spacial score (nSPS) is 13.3. The number of anilines is 2. The van der Waals surface area contributed by atoms with E-state index >= 15 is 0 Å². The number of carbonyl (C=O) groups is 2. The van der Waals surface area contributed by atoms with Gasteiger partial charge >= 0.3 is 11.5 Å². The van der Waals surface area contributed by atoms with Crippen LogP contribution in [0.2, 0.25) is 0 Å². The summed E-state index contributed by atoms with van der Waals surface area (Å²) in [5, 5.41) is 10.7. The number of urea groups is 1. The highest BCUT2D eigenvalue weighted by Gasteiger charge is 2.29. The number of halogens is 3. The number of amides is 3. The van der Waals surface area contributed by atoms with Gasteiger partial charge in [-0.2, -0.15) is 24.2 Å². The third-order valence-electron chi connectivity index (χ3n) is 5.72. The van der Waals surface area contributed by atoms with Crippen LogP contribution >= 0.6 is 11.8 Å². The van der Waals surface area contributed by atoms with E-state index in [-0.39, 0.29) is 34.3 Å². The smallest absolute Gasteiger partial charge is 0.307 e. The number of hydrogen-bond acceptors (Lipinski definition) is 8. The van der Waals surface area contributed by atoms with Crippen LogP contribution in [-0.2, 0) is 12.0 Å². The second-order valence-corrected chi connectivity index (χ2v) is 10.9. The van der Waals surface area contributed by atoms with Gasteiger partial charge in [0.2, 0.25) is 0 Å². The molecule has 0 saturated heterocycles. The van der Waals surface area contributed by atoms with Crippen molar-refractivity contribution >= 4 is 35.1 Å². The van der Waals surface area contributed by atoms with Crippen LogP contribution in [0.5, 0.6) is 0 Å². The van der Waals surface area contributed by atoms with Crippen LogP contribution in [0.1, 0.15) is 42.3 Å². The Hall–Kier alpha value is -4.30. The van der Waals surface area contributed by atoms with E-state index in [9.17, 15) is 22.8 Å². The Balaban J connectivity index is 1.54. The molecule has 0 aliphatic carbocycles. The van der Waals surface area contributed by atoms with Crippen LogP contribution in [0.4, 0.5) is 29.3 Å². The van der Waals surface area contributed by atoms with E-state index in [0.717, 1.165) is 16.4 Å². The highest BCUT2D eigenvalue weighted by atomic mass is 32.2. The van der Waals surface area contributed by atoms with Crippen molar-refractivity contribution in [2.75, 3.05) is 10.2 Å². The Morgan fingerprint density at radius 2 is 1.60 bits per heavy atom. The van der Waals surface area contributed by atoms with Gasteiger partial charge in [-0.3, -0.25) is 9.69 Å². The van der Waals surface area contributed by atoms with Crippen LogP contribution in [0.15, 0.2) is 88.1 Å². The fraction of sp³-hybridized carbons (Fsp3) is 0.231. The fourth-order valence-corrected chi connectivity index (χ4v) is 4.30. The summed E-state index contributed by atoms with van der Waals surface area (Å²) in [6.07, 6.45) is 0. The topological polar surface area (TPSA) is 113 Å². The summed E-state index contributed by atoms with van der Waals surface area (Å²) in [5.74, 6) is -0.428. The maximum Gasteiger partial charge on any atom is 0.446 e. The van der Waals surface area contributed by atoms with E-state index in [4.69, 9.17) is 0 Å². The van der Waals surface area contributed by atoms with Crippen molar-refractivity contribution in [3.63, 3.8) is 0 Å². The van der Waals surface area contributed by atoms with Crippen molar-refractivity contribution < 1.29 is 22.8 Å². The zero-order chi connectivity index (χ0) is 28.9. The van der Waals surface area contributed by atoms with E-state index < -0.39 is 17.4 Å². The molecule has 0 bridgehead atoms. The predicted molar refractivity (Wildman–Crippen MR) is 146 cm³/mol. The number of hydrogen-bond donors (Lipinski definition) is 4. The summed E-state index contributed by atoms with van der Waals surface area (Å²) >= 11 is -0.252. The minimum absolute atomic E-state index is 0.0399. The van der Waals surface area contributed by atoms with Crippen molar-refractivity contribution in [2.45, 2.75) is 43.1 Å². The molecule has 3 aromatic rings. The van der Waals surface area contributed by atoms with Gasteiger partial charge in [0.1, 0.15) is 0 Å². The second-order valence-electron chi connectivity index (χ2n) is 9.76. The Morgan fingerprint density at radius 3 is 2.20 bits per heavy atom. The molecule has 3 amide bonds. The first kappa shape index (κ1) is 28.7. The maximum atomic E-state index is 13.4. The Labute approximate surface area is 232 Å². The molecular weight excluding hydrogens is 545 g/mol. The van der Waals surface area contributed by atoms with E-state index in [1.54, 1.807) is 24.3 Å². The maximum absolute atomic E-state index is 13.4. The molecule has 4 N–H and O–H groups in total. The number of carbonyl (C=O) groups excluding carboxylic acids is 2. The lowest BCUT2D eigenvalue weighted by Crippen LogP contribution is -2.51. The van der Waals surface area contributed by atoms with Gasteiger partial charge < -0.3 is 5.32 Å². The van der Waals surface area contributed by atoms with E-state index in [1.165, 1.54) is 29.2 Å². The quantitative estimate of drug-likeness (QED) is 0.255. The minimum atomic E-state index is -4.45. The first-order chi connectivity index (χ1) is 18.9. The zero-order valence-electron chi connectivity index (χ0n) is 21.8. The molecule has 3 aromatic carbocycles. The summed E-state index contributed by atoms with van der Waals surface area (Å²) < 4.78 is 38.5. The number of benzene rings is 3. The number of hydrazine groups is 3. The average Bonchev–Trinajstić information content (AvgIpc) is 3.39. The van der Waals surface area contributed by atoms with Crippen LogP contribution in [0.25, 0.3) is 0 Å². The largest absolute Gasteiger partial charge is 0.446 e. The van der Waals surface area contributed by atoms with Crippen molar-refractivity contribution in [3.05, 3.63) is 89.5 Å². The molecule has 4 rings (SSSR count). The number of nitrogens with zero attached hydrogens (tertiary/aromatic N) is 4. The van der Waals surface area contributed by atoms with Gasteiger partial charge in [0, 0.05) is 21.8 Å². The Morgan fingerprint density at radius 1 is 0.950 bits per heavy atom. The Kier molecular flexibility index (Phi) is 8.49. The molecule has 210 valence electrons. The molecule has 0 spiro atoms. The number of thioether (sulfide) groups is 1. The zero-order valence-corrected chi connectivity index (χ0v) is 22.6. The van der Waals surface area contributed by atoms with E-state index in [2.05, 4.69) is 53.0 Å². The van der Waals surface area contributed by atoms with Crippen molar-refractivity contribution in [1.29, 1.82) is 0 Å². The number of nitrogens with one attached hydrogen (secondary N) is 4. The van der Waals surface area contributed by atoms with Gasteiger partial charge in [0.25, 0.3) is 5.91 Å². The van der Waals surface area contributed by atoms with E-state index in [0.29, 0.717) is 11.3 Å². The molecule has 1 aliphatic rings. The molecule has 0 aromatic heterocycles. The summed E-state index contributed by atoms with van der Waals surface area (Å²) in [6.45, 7) is 6.37. The minimum Gasteiger partial charge on any atom is -0.307 e. The molecule has 1 heterocycles. The summed E-state index contributed by atoms with van der Waals surface area (Å²) in [6, 6.07) is 19.2. The highest BCUT2D eigenvalue weighted by Crippen LogP contribution is 2.37. The van der Waals surface area contributed by atoms with Crippen LogP contribution in [-0.4, -0.2) is 22.7 Å².